The first-order valence-corrected chi connectivity index (χ1v) is 6.68. The quantitative estimate of drug-likeness (QED) is 0.843. The van der Waals surface area contributed by atoms with Crippen molar-refractivity contribution < 1.29 is 9.59 Å². The number of piperidine rings is 1. The van der Waals surface area contributed by atoms with Gasteiger partial charge in [-0.2, -0.15) is 0 Å². The number of benzene rings is 1. The maximum Gasteiger partial charge on any atom is 0.224 e. The average molecular weight is 260 g/mol. The Bertz CT molecular complexity index is 485. The van der Waals surface area contributed by atoms with Crippen LogP contribution in [-0.4, -0.2) is 32.3 Å². The van der Waals surface area contributed by atoms with Gasteiger partial charge >= 0.3 is 0 Å². The van der Waals surface area contributed by atoms with Gasteiger partial charge in [0.25, 0.3) is 0 Å². The second-order valence-electron chi connectivity index (χ2n) is 5.06. The Hall–Kier alpha value is -1.84. The van der Waals surface area contributed by atoms with Crippen molar-refractivity contribution in [2.75, 3.05) is 25.0 Å². The van der Waals surface area contributed by atoms with Crippen LogP contribution in [0.5, 0.6) is 0 Å². The zero-order valence-corrected chi connectivity index (χ0v) is 11.5. The molecule has 1 saturated heterocycles. The molecule has 0 spiro atoms. The van der Waals surface area contributed by atoms with Crippen LogP contribution in [-0.2, 0) is 4.79 Å². The Labute approximate surface area is 113 Å². The highest BCUT2D eigenvalue weighted by atomic mass is 16.1. The number of nitrogens with zero attached hydrogens (tertiary/aromatic N) is 1. The van der Waals surface area contributed by atoms with Crippen molar-refractivity contribution in [3.05, 3.63) is 29.3 Å². The number of rotatable bonds is 3. The normalized spacial score (nSPS) is 19.1. The maximum absolute atomic E-state index is 11.7. The van der Waals surface area contributed by atoms with Crippen LogP contribution >= 0.6 is 0 Å². The molecule has 19 heavy (non-hydrogen) atoms. The average Bonchev–Trinajstić information content (AvgIpc) is 2.46. The molecule has 1 N–H and O–H groups in total. The molecule has 1 fully saturated rings. The van der Waals surface area contributed by atoms with Gasteiger partial charge in [0.2, 0.25) is 5.91 Å². The van der Waals surface area contributed by atoms with E-state index in [2.05, 4.69) is 10.2 Å². The van der Waals surface area contributed by atoms with Crippen molar-refractivity contribution in [2.45, 2.75) is 19.8 Å². The minimum absolute atomic E-state index is 0.0592. The van der Waals surface area contributed by atoms with Crippen molar-refractivity contribution in [1.29, 1.82) is 0 Å². The minimum Gasteiger partial charge on any atom is -0.371 e. The van der Waals surface area contributed by atoms with E-state index in [0.717, 1.165) is 43.5 Å². The Balaban J connectivity index is 2.17. The summed E-state index contributed by atoms with van der Waals surface area (Å²) in [5.74, 6) is 0.177. The van der Waals surface area contributed by atoms with Gasteiger partial charge < -0.3 is 10.2 Å². The molecule has 1 aliphatic heterocycles. The molecule has 0 bridgehead atoms. The summed E-state index contributed by atoms with van der Waals surface area (Å²) in [5.41, 5.74) is 2.91. The number of amides is 1. The molecule has 4 heteroatoms. The third kappa shape index (κ3) is 2.95. The van der Waals surface area contributed by atoms with Gasteiger partial charge in [-0.1, -0.05) is 0 Å². The van der Waals surface area contributed by atoms with Gasteiger partial charge in [-0.05, 0) is 43.5 Å². The SMILES string of the molecule is CNC(=O)C1CCCN(c2ccc(C=O)cc2C)C1. The van der Waals surface area contributed by atoms with Gasteiger partial charge in [0.1, 0.15) is 6.29 Å². The zero-order valence-electron chi connectivity index (χ0n) is 11.5. The lowest BCUT2D eigenvalue weighted by Gasteiger charge is -2.34. The molecule has 1 unspecified atom stereocenters. The maximum atomic E-state index is 11.7. The van der Waals surface area contributed by atoms with E-state index in [9.17, 15) is 9.59 Å². The van der Waals surface area contributed by atoms with Gasteiger partial charge in [-0.25, -0.2) is 0 Å². The van der Waals surface area contributed by atoms with E-state index in [1.165, 1.54) is 0 Å². The molecular weight excluding hydrogens is 240 g/mol. The second kappa shape index (κ2) is 5.87. The van der Waals surface area contributed by atoms with Crippen LogP contribution < -0.4 is 10.2 Å². The van der Waals surface area contributed by atoms with E-state index in [-0.39, 0.29) is 11.8 Å². The lowest BCUT2D eigenvalue weighted by molar-refractivity contribution is -0.124. The fourth-order valence-electron chi connectivity index (χ4n) is 2.72. The number of hydrogen-bond acceptors (Lipinski definition) is 3. The highest BCUT2D eigenvalue weighted by molar-refractivity contribution is 5.80. The van der Waals surface area contributed by atoms with Crippen molar-refractivity contribution in [3.63, 3.8) is 0 Å². The molecule has 0 aromatic heterocycles. The summed E-state index contributed by atoms with van der Waals surface area (Å²) < 4.78 is 0. The Morgan fingerprint density at radius 2 is 2.26 bits per heavy atom. The molecule has 0 saturated carbocycles. The number of anilines is 1. The summed E-state index contributed by atoms with van der Waals surface area (Å²) in [6, 6.07) is 5.70. The van der Waals surface area contributed by atoms with Crippen LogP contribution in [0.1, 0.15) is 28.8 Å². The van der Waals surface area contributed by atoms with E-state index in [1.807, 2.05) is 25.1 Å². The highest BCUT2D eigenvalue weighted by Crippen LogP contribution is 2.26. The lowest BCUT2D eigenvalue weighted by Crippen LogP contribution is -2.42. The smallest absolute Gasteiger partial charge is 0.224 e. The Morgan fingerprint density at radius 3 is 2.89 bits per heavy atom. The van der Waals surface area contributed by atoms with Crippen LogP contribution in [0.3, 0.4) is 0 Å². The molecule has 0 aliphatic carbocycles. The largest absolute Gasteiger partial charge is 0.371 e. The van der Waals surface area contributed by atoms with Gasteiger partial charge in [0, 0.05) is 31.4 Å². The van der Waals surface area contributed by atoms with E-state index >= 15 is 0 Å². The number of carbonyl (C=O) groups excluding carboxylic acids is 2. The van der Waals surface area contributed by atoms with Crippen molar-refractivity contribution in [3.8, 4) is 0 Å². The number of aldehydes is 1. The third-order valence-corrected chi connectivity index (χ3v) is 3.74. The van der Waals surface area contributed by atoms with Crippen LogP contribution in [0, 0.1) is 12.8 Å². The third-order valence-electron chi connectivity index (χ3n) is 3.74. The number of aryl methyl sites for hydroxylation is 1. The Kier molecular flexibility index (Phi) is 4.20. The minimum atomic E-state index is 0.0592. The summed E-state index contributed by atoms with van der Waals surface area (Å²) in [6.45, 7) is 3.72. The number of hydrogen-bond donors (Lipinski definition) is 1. The molecule has 4 nitrogen and oxygen atoms in total. The molecule has 0 radical (unpaired) electrons. The van der Waals surface area contributed by atoms with Crippen molar-refractivity contribution in [1.82, 2.24) is 5.32 Å². The highest BCUT2D eigenvalue weighted by Gasteiger charge is 2.25. The lowest BCUT2D eigenvalue weighted by atomic mass is 9.96. The van der Waals surface area contributed by atoms with Crippen molar-refractivity contribution in [2.24, 2.45) is 5.92 Å². The van der Waals surface area contributed by atoms with Crippen LogP contribution in [0.4, 0.5) is 5.69 Å². The molecule has 1 heterocycles. The molecule has 102 valence electrons. The van der Waals surface area contributed by atoms with Gasteiger partial charge in [-0.3, -0.25) is 9.59 Å². The van der Waals surface area contributed by atoms with Crippen LogP contribution in [0.25, 0.3) is 0 Å². The summed E-state index contributed by atoms with van der Waals surface area (Å²) in [4.78, 5) is 24.7. The predicted molar refractivity (Wildman–Crippen MR) is 75.6 cm³/mol. The second-order valence-corrected chi connectivity index (χ2v) is 5.06. The summed E-state index contributed by atoms with van der Waals surface area (Å²) in [6.07, 6.45) is 2.83. The standard InChI is InChI=1S/C15H20N2O2/c1-11-8-12(10-18)5-6-14(11)17-7-3-4-13(9-17)15(19)16-2/h5-6,8,10,13H,3-4,7,9H2,1-2H3,(H,16,19). The topological polar surface area (TPSA) is 49.4 Å². The molecule has 1 aromatic rings. The first-order chi connectivity index (χ1) is 9.15. The van der Waals surface area contributed by atoms with E-state index in [4.69, 9.17) is 0 Å². The van der Waals surface area contributed by atoms with Crippen LogP contribution in [0.2, 0.25) is 0 Å². The summed E-state index contributed by atoms with van der Waals surface area (Å²) in [5, 5.41) is 2.73. The molecule has 2 rings (SSSR count). The molecule has 1 aliphatic rings. The summed E-state index contributed by atoms with van der Waals surface area (Å²) >= 11 is 0. The number of carbonyl (C=O) groups is 2. The summed E-state index contributed by atoms with van der Waals surface area (Å²) in [7, 11) is 1.69. The van der Waals surface area contributed by atoms with Gasteiger partial charge in [0.05, 0.1) is 5.92 Å². The van der Waals surface area contributed by atoms with Gasteiger partial charge in [-0.15, -0.1) is 0 Å². The van der Waals surface area contributed by atoms with Crippen molar-refractivity contribution >= 4 is 17.9 Å². The van der Waals surface area contributed by atoms with E-state index in [1.54, 1.807) is 7.05 Å². The first kappa shape index (κ1) is 13.6. The van der Waals surface area contributed by atoms with Crippen LogP contribution in [0.15, 0.2) is 18.2 Å². The van der Waals surface area contributed by atoms with Gasteiger partial charge in [0.15, 0.2) is 0 Å². The monoisotopic (exact) mass is 260 g/mol. The fourth-order valence-corrected chi connectivity index (χ4v) is 2.72. The molecule has 1 atom stereocenters. The Morgan fingerprint density at radius 1 is 1.47 bits per heavy atom. The fraction of sp³-hybridized carbons (Fsp3) is 0.467. The molecule has 1 amide bonds. The predicted octanol–water partition coefficient (Wildman–Crippen LogP) is 1.77. The zero-order chi connectivity index (χ0) is 13.8. The number of nitrogens with one attached hydrogen (secondary N) is 1. The molecule has 1 aromatic carbocycles. The first-order valence-electron chi connectivity index (χ1n) is 6.68. The molecular formula is C15H20N2O2. The van der Waals surface area contributed by atoms with E-state index in [0.29, 0.717) is 5.56 Å². The van der Waals surface area contributed by atoms with E-state index < -0.39 is 0 Å².